The molecule has 74 heavy (non-hydrogen) atoms. The molecule has 0 radical (unpaired) electrons. The van der Waals surface area contributed by atoms with Gasteiger partial charge < -0.3 is 86.1 Å². The number of guanidine groups is 1. The predicted molar refractivity (Wildman–Crippen MR) is 271 cm³/mol. The lowest BCUT2D eigenvalue weighted by Gasteiger charge is -2.32. The molecule has 20 N–H and O–H groups in total. The quantitative estimate of drug-likeness (QED) is 0.0443. The van der Waals surface area contributed by atoms with Gasteiger partial charge in [-0.15, -0.1) is 0 Å². The maximum Gasteiger partial charge on any atom is 0.245 e. The molecule has 10 amide bonds. The van der Waals surface area contributed by atoms with E-state index in [1.54, 1.807) is 59.7 Å². The lowest BCUT2D eigenvalue weighted by molar-refractivity contribution is -0.138. The molecule has 1 heterocycles. The van der Waals surface area contributed by atoms with Crippen molar-refractivity contribution in [2.45, 2.75) is 155 Å². The maximum atomic E-state index is 14.3. The summed E-state index contributed by atoms with van der Waals surface area (Å²) in [5.41, 5.74) is 23.1. The van der Waals surface area contributed by atoms with Crippen LogP contribution < -0.4 is 70.8 Å². The molecule has 1 aromatic carbocycles. The maximum absolute atomic E-state index is 14.3. The van der Waals surface area contributed by atoms with Gasteiger partial charge in [-0.25, -0.2) is 0 Å². The summed E-state index contributed by atoms with van der Waals surface area (Å²) in [6, 6.07) is -6.90. The number of hydrogen-bond acceptors (Lipinski definition) is 15. The second kappa shape index (κ2) is 31.6. The minimum atomic E-state index is -1.82. The average Bonchev–Trinajstić information content (AvgIpc) is 3.32. The van der Waals surface area contributed by atoms with Crippen molar-refractivity contribution in [3.05, 3.63) is 35.9 Å². The largest absolute Gasteiger partial charge is 0.394 e. The van der Waals surface area contributed by atoms with Crippen molar-refractivity contribution in [3.63, 3.8) is 0 Å². The molecule has 0 aliphatic carbocycles. The summed E-state index contributed by atoms with van der Waals surface area (Å²) in [6.45, 7) is 9.11. The molecule has 0 spiro atoms. The molecule has 1 aliphatic heterocycles. The van der Waals surface area contributed by atoms with Crippen molar-refractivity contribution in [3.8, 4) is 0 Å². The minimum Gasteiger partial charge on any atom is -0.394 e. The van der Waals surface area contributed by atoms with E-state index in [9.17, 15) is 63.3 Å². The first-order valence-corrected chi connectivity index (χ1v) is 24.0. The number of aliphatic imine (C=N–C) groups is 1. The highest BCUT2D eigenvalue weighted by atomic mass is 16.3. The van der Waals surface area contributed by atoms with E-state index in [4.69, 9.17) is 22.9 Å². The van der Waals surface area contributed by atoms with Crippen LogP contribution in [0.25, 0.3) is 0 Å². The van der Waals surface area contributed by atoms with Gasteiger partial charge in [0.05, 0.1) is 37.8 Å². The van der Waals surface area contributed by atoms with Crippen molar-refractivity contribution in [2.75, 3.05) is 19.7 Å². The van der Waals surface area contributed by atoms with Crippen molar-refractivity contribution >= 4 is 65.0 Å². The van der Waals surface area contributed by atoms with E-state index in [0.29, 0.717) is 0 Å². The molecule has 27 heteroatoms. The molecule has 2 rings (SSSR count). The van der Waals surface area contributed by atoms with E-state index >= 15 is 0 Å². The summed E-state index contributed by atoms with van der Waals surface area (Å²) in [7, 11) is 0. The highest BCUT2D eigenvalue weighted by Crippen LogP contribution is 2.19. The Morgan fingerprint density at radius 1 is 0.662 bits per heavy atom. The van der Waals surface area contributed by atoms with Gasteiger partial charge in [0.25, 0.3) is 0 Å². The van der Waals surface area contributed by atoms with E-state index in [1.165, 1.54) is 12.1 Å². The van der Waals surface area contributed by atoms with Gasteiger partial charge in [0.2, 0.25) is 59.1 Å². The zero-order valence-corrected chi connectivity index (χ0v) is 42.3. The van der Waals surface area contributed by atoms with E-state index in [0.717, 1.165) is 6.92 Å². The van der Waals surface area contributed by atoms with Crippen molar-refractivity contribution in [1.82, 2.24) is 47.9 Å². The third-order valence-electron chi connectivity index (χ3n) is 11.8. The molecule has 0 aromatic heterocycles. The molecule has 27 nitrogen and oxygen atoms in total. The van der Waals surface area contributed by atoms with Crippen LogP contribution in [0.5, 0.6) is 0 Å². The lowest BCUT2D eigenvalue weighted by atomic mass is 9.95. The Labute approximate surface area is 431 Å². The molecule has 1 saturated heterocycles. The van der Waals surface area contributed by atoms with Gasteiger partial charge in [-0.3, -0.25) is 52.9 Å². The van der Waals surface area contributed by atoms with Gasteiger partial charge in [0, 0.05) is 6.54 Å². The van der Waals surface area contributed by atoms with Gasteiger partial charge >= 0.3 is 0 Å². The number of aliphatic hydroxyl groups is 3. The van der Waals surface area contributed by atoms with Crippen LogP contribution in [0.4, 0.5) is 0 Å². The highest BCUT2D eigenvalue weighted by molar-refractivity contribution is 5.99. The van der Waals surface area contributed by atoms with Gasteiger partial charge in [-0.1, -0.05) is 85.7 Å². The molecule has 1 unspecified atom stereocenters. The first-order valence-electron chi connectivity index (χ1n) is 24.0. The molecule has 1 fully saturated rings. The number of rotatable bonds is 15. The molecule has 12 atom stereocenters. The normalized spacial score (nSPS) is 26.0. The van der Waals surface area contributed by atoms with Gasteiger partial charge in [0.1, 0.15) is 48.3 Å². The molecular weight excluding hydrogens is 969 g/mol. The Kier molecular flexibility index (Phi) is 27.8. The van der Waals surface area contributed by atoms with E-state index < -0.39 is 157 Å². The van der Waals surface area contributed by atoms with Crippen molar-refractivity contribution in [1.29, 1.82) is 0 Å². The topological polar surface area (TPSA) is 456 Å². The third kappa shape index (κ3) is 20.9. The molecule has 1 aromatic rings. The predicted octanol–water partition coefficient (Wildman–Crippen LogP) is -5.26. The standard InChI is InChI=1S/C46H76N14O13.CH4/c1-8-23(6)33-44(72)58-34(24(7)62)43(71)52-19-31(64)53-28(18-30(47)63)40(68)56-29(20-61)41(69)59-35(25-13-10-9-11-14-25)32(48)42(70)60-36(37(65)22(4)5)45(73)55-27(17-21(2)3)39(67)54-26(38(66)57-33)15-12-16-51-46(49)50;/h9-11,13-14,21-24,26-29,32-37,61-62,65H,8,12,15-20,48H2,1-7H3,(H2,47,63)(H,52,71)(H,53,64)(H,54,67)(H,55,73)(H,56,68)(H,57,66)(H,58,72)(H,59,69)(H,60,70)(H4,49,50,51);1H4/t23-,24-,26+,27-,28?,29-,32-,33-,34-,35+,36-,37+;/m0./s1. The Balaban J connectivity index is 0.0000274. The van der Waals surface area contributed by atoms with Gasteiger partial charge in [0.15, 0.2) is 5.96 Å². The molecule has 1 aliphatic rings. The Morgan fingerprint density at radius 3 is 1.73 bits per heavy atom. The Hall–Kier alpha value is -6.97. The number of aliphatic hydroxyl groups excluding tert-OH is 3. The first kappa shape index (κ1) is 65.0. The Bertz CT molecular complexity index is 2110. The molecular formula is C47H80N14O13. The third-order valence-corrected chi connectivity index (χ3v) is 11.8. The number of nitrogens with zero attached hydrogens (tertiary/aromatic N) is 1. The monoisotopic (exact) mass is 1050 g/mol. The van der Waals surface area contributed by atoms with Crippen molar-refractivity contribution in [2.24, 2.45) is 45.7 Å². The molecule has 416 valence electrons. The van der Waals surface area contributed by atoms with Crippen LogP contribution in [-0.2, 0) is 47.9 Å². The van der Waals surface area contributed by atoms with Crippen LogP contribution in [0.2, 0.25) is 0 Å². The minimum absolute atomic E-state index is 0. The first-order chi connectivity index (χ1) is 34.2. The Morgan fingerprint density at radius 2 is 1.19 bits per heavy atom. The van der Waals surface area contributed by atoms with Crippen LogP contribution in [0.3, 0.4) is 0 Å². The summed E-state index contributed by atoms with van der Waals surface area (Å²) < 4.78 is 0. The number of nitrogens with one attached hydrogen (secondary N) is 9. The second-order valence-electron chi connectivity index (χ2n) is 18.7. The van der Waals surface area contributed by atoms with Crippen LogP contribution in [0.1, 0.15) is 99.6 Å². The number of carbonyl (C=O) groups is 10. The fourth-order valence-corrected chi connectivity index (χ4v) is 7.40. The zero-order chi connectivity index (χ0) is 55.3. The number of nitrogens with two attached hydrogens (primary N) is 4. The van der Waals surface area contributed by atoms with Crippen LogP contribution in [0.15, 0.2) is 35.3 Å². The summed E-state index contributed by atoms with van der Waals surface area (Å²) >= 11 is 0. The van der Waals surface area contributed by atoms with Crippen LogP contribution in [0, 0.1) is 17.8 Å². The fourth-order valence-electron chi connectivity index (χ4n) is 7.40. The summed E-state index contributed by atoms with van der Waals surface area (Å²) in [5, 5.41) is 54.1. The van der Waals surface area contributed by atoms with Gasteiger partial charge in [-0.2, -0.15) is 0 Å². The molecule has 0 bridgehead atoms. The molecule has 0 saturated carbocycles. The fraction of sp³-hybridized carbons (Fsp3) is 0.638. The average molecular weight is 1050 g/mol. The van der Waals surface area contributed by atoms with Crippen LogP contribution >= 0.6 is 0 Å². The van der Waals surface area contributed by atoms with Gasteiger partial charge in [-0.05, 0) is 49.5 Å². The summed E-state index contributed by atoms with van der Waals surface area (Å²) in [6.07, 6.45) is -3.79. The summed E-state index contributed by atoms with van der Waals surface area (Å²) in [5.74, 6) is -12.3. The number of carbonyl (C=O) groups excluding carboxylic acids is 10. The van der Waals surface area contributed by atoms with E-state index in [1.807, 2.05) is 0 Å². The smallest absolute Gasteiger partial charge is 0.245 e. The zero-order valence-electron chi connectivity index (χ0n) is 42.3. The summed E-state index contributed by atoms with van der Waals surface area (Å²) in [4.78, 5) is 141. The second-order valence-corrected chi connectivity index (χ2v) is 18.7. The number of hydrogen-bond donors (Lipinski definition) is 16. The highest BCUT2D eigenvalue weighted by Gasteiger charge is 2.39. The van der Waals surface area contributed by atoms with E-state index in [-0.39, 0.29) is 57.1 Å². The number of benzene rings is 1. The number of primary amides is 1. The van der Waals surface area contributed by atoms with Crippen LogP contribution in [-0.4, -0.2) is 161 Å². The van der Waals surface area contributed by atoms with E-state index in [2.05, 4.69) is 52.8 Å². The SMILES string of the molecule is C.CC[C@H](C)[C@@H]1NC(=O)[C@@H](CCCN=C(N)N)NC(=O)[C@H](CC(C)C)NC(=O)[C@H]([C@H](O)C(C)C)NC(=O)[C@@H](N)[C@@H](c2ccccc2)NC(=O)[C@H](CO)NC(=O)C(CC(N)=O)NC(=O)CNC(=O)[C@H]([C@H](C)O)NC1=O. The number of amides is 10. The lowest BCUT2D eigenvalue weighted by Crippen LogP contribution is -2.63. The van der Waals surface area contributed by atoms with Crippen molar-refractivity contribution < 1.29 is 63.3 Å².